The Bertz CT molecular complexity index is 1280. The standard InChI is InChI=1S/C26H22N4O2/c1-31-21-12-8-19(9-13-21)26(18-6-4-3-5-7-18,20-10-14-22(32-2)15-11-20)24-23-25(29-16-27-23)30-17-28-24/h3-17H,1-2H3,(H,27,28,29,30). The van der Waals surface area contributed by atoms with Crippen molar-refractivity contribution in [2.24, 2.45) is 0 Å². The van der Waals surface area contributed by atoms with Crippen molar-refractivity contribution in [3.05, 3.63) is 114 Å². The number of rotatable bonds is 6. The molecule has 2 heterocycles. The Morgan fingerprint density at radius 1 is 0.656 bits per heavy atom. The molecule has 0 saturated heterocycles. The third-order valence-electron chi connectivity index (χ3n) is 5.83. The fourth-order valence-corrected chi connectivity index (χ4v) is 4.33. The first-order valence-corrected chi connectivity index (χ1v) is 10.3. The number of hydrogen-bond acceptors (Lipinski definition) is 5. The van der Waals surface area contributed by atoms with Gasteiger partial charge in [-0.2, -0.15) is 0 Å². The molecule has 0 aliphatic heterocycles. The average Bonchev–Trinajstić information content (AvgIpc) is 3.36. The van der Waals surface area contributed by atoms with E-state index in [0.29, 0.717) is 5.65 Å². The highest BCUT2D eigenvalue weighted by atomic mass is 16.5. The van der Waals surface area contributed by atoms with Crippen LogP contribution in [-0.4, -0.2) is 34.2 Å². The van der Waals surface area contributed by atoms with Crippen LogP contribution >= 0.6 is 0 Å². The molecule has 1 N–H and O–H groups in total. The van der Waals surface area contributed by atoms with E-state index >= 15 is 0 Å². The SMILES string of the molecule is COc1ccc(C(c2ccccc2)(c2ccc(OC)cc2)c2ncnc3nc[nH]c23)cc1. The average molecular weight is 422 g/mol. The summed E-state index contributed by atoms with van der Waals surface area (Å²) in [6.07, 6.45) is 3.23. The van der Waals surface area contributed by atoms with Gasteiger partial charge in [0.25, 0.3) is 0 Å². The van der Waals surface area contributed by atoms with Gasteiger partial charge in [0, 0.05) is 0 Å². The second-order valence-electron chi connectivity index (χ2n) is 7.40. The minimum absolute atomic E-state index is 0.623. The van der Waals surface area contributed by atoms with Gasteiger partial charge in [-0.1, -0.05) is 54.6 Å². The van der Waals surface area contributed by atoms with E-state index < -0.39 is 5.41 Å². The summed E-state index contributed by atoms with van der Waals surface area (Å²) in [7, 11) is 3.34. The predicted octanol–water partition coefficient (Wildman–Crippen LogP) is 4.75. The van der Waals surface area contributed by atoms with Crippen LogP contribution in [-0.2, 0) is 5.41 Å². The van der Waals surface area contributed by atoms with Crippen molar-refractivity contribution >= 4 is 11.2 Å². The molecule has 6 heteroatoms. The number of benzene rings is 3. The van der Waals surface area contributed by atoms with Gasteiger partial charge < -0.3 is 14.5 Å². The number of nitrogens with one attached hydrogen (secondary N) is 1. The van der Waals surface area contributed by atoms with E-state index in [2.05, 4.69) is 51.4 Å². The lowest BCUT2D eigenvalue weighted by molar-refractivity contribution is 0.414. The number of methoxy groups -OCH3 is 2. The summed E-state index contributed by atoms with van der Waals surface area (Å²) in [6, 6.07) is 26.6. The lowest BCUT2D eigenvalue weighted by atomic mass is 9.67. The Morgan fingerprint density at radius 3 is 1.78 bits per heavy atom. The number of H-pyrrole nitrogens is 1. The van der Waals surface area contributed by atoms with E-state index in [1.54, 1.807) is 26.9 Å². The second-order valence-corrected chi connectivity index (χ2v) is 7.40. The lowest BCUT2D eigenvalue weighted by Gasteiger charge is -2.35. The van der Waals surface area contributed by atoms with Gasteiger partial charge in [0.1, 0.15) is 23.3 Å². The Labute approximate surface area is 185 Å². The molecule has 0 spiro atoms. The lowest BCUT2D eigenvalue weighted by Crippen LogP contribution is -2.32. The zero-order chi connectivity index (χ0) is 22.0. The highest BCUT2D eigenvalue weighted by Crippen LogP contribution is 2.46. The van der Waals surface area contributed by atoms with Crippen molar-refractivity contribution in [3.8, 4) is 11.5 Å². The molecule has 5 rings (SSSR count). The number of aromatic nitrogens is 4. The minimum Gasteiger partial charge on any atom is -0.497 e. The maximum Gasteiger partial charge on any atom is 0.180 e. The van der Waals surface area contributed by atoms with Crippen LogP contribution in [0.5, 0.6) is 11.5 Å². The van der Waals surface area contributed by atoms with Gasteiger partial charge in [-0.05, 0) is 41.0 Å². The molecular weight excluding hydrogens is 400 g/mol. The molecular formula is C26H22N4O2. The van der Waals surface area contributed by atoms with Gasteiger partial charge >= 0.3 is 0 Å². The molecule has 0 atom stereocenters. The first-order chi connectivity index (χ1) is 15.8. The van der Waals surface area contributed by atoms with Crippen molar-refractivity contribution in [3.63, 3.8) is 0 Å². The number of hydrogen-bond donors (Lipinski definition) is 1. The van der Waals surface area contributed by atoms with Crippen LogP contribution in [0.25, 0.3) is 11.2 Å². The maximum atomic E-state index is 5.43. The van der Waals surface area contributed by atoms with E-state index in [9.17, 15) is 0 Å². The Hall–Kier alpha value is -4.19. The Kier molecular flexibility index (Phi) is 5.03. The molecule has 6 nitrogen and oxygen atoms in total. The summed E-state index contributed by atoms with van der Waals surface area (Å²) in [5.74, 6) is 1.58. The Morgan fingerprint density at radius 2 is 1.22 bits per heavy atom. The molecule has 0 amide bonds. The quantitative estimate of drug-likeness (QED) is 0.400. The van der Waals surface area contributed by atoms with E-state index in [4.69, 9.17) is 14.5 Å². The van der Waals surface area contributed by atoms with Gasteiger partial charge in [0.15, 0.2) is 5.65 Å². The molecule has 0 aliphatic carbocycles. The number of ether oxygens (including phenoxy) is 2. The molecule has 0 unspecified atom stereocenters. The van der Waals surface area contributed by atoms with Crippen molar-refractivity contribution < 1.29 is 9.47 Å². The van der Waals surface area contributed by atoms with E-state index in [1.165, 1.54) is 0 Å². The zero-order valence-corrected chi connectivity index (χ0v) is 17.8. The van der Waals surface area contributed by atoms with Crippen LogP contribution < -0.4 is 9.47 Å². The molecule has 32 heavy (non-hydrogen) atoms. The molecule has 0 saturated carbocycles. The second kappa shape index (κ2) is 8.15. The van der Waals surface area contributed by atoms with Crippen LogP contribution in [0.2, 0.25) is 0 Å². The van der Waals surface area contributed by atoms with Crippen molar-refractivity contribution in [2.45, 2.75) is 5.41 Å². The first-order valence-electron chi connectivity index (χ1n) is 10.3. The molecule has 2 aromatic heterocycles. The highest BCUT2D eigenvalue weighted by molar-refractivity contribution is 5.78. The van der Waals surface area contributed by atoms with E-state index in [1.807, 2.05) is 42.5 Å². The summed E-state index contributed by atoms with van der Waals surface area (Å²) in [5.41, 5.74) is 4.67. The highest BCUT2D eigenvalue weighted by Gasteiger charge is 2.41. The van der Waals surface area contributed by atoms with Crippen LogP contribution in [0.4, 0.5) is 0 Å². The molecule has 0 radical (unpaired) electrons. The fourth-order valence-electron chi connectivity index (χ4n) is 4.33. The molecule has 0 aliphatic rings. The van der Waals surface area contributed by atoms with Crippen molar-refractivity contribution in [1.29, 1.82) is 0 Å². The molecule has 0 fully saturated rings. The van der Waals surface area contributed by atoms with Crippen LogP contribution in [0, 0.1) is 0 Å². The third-order valence-corrected chi connectivity index (χ3v) is 5.83. The summed E-state index contributed by atoms with van der Waals surface area (Å²) in [4.78, 5) is 16.8. The monoisotopic (exact) mass is 422 g/mol. The van der Waals surface area contributed by atoms with Gasteiger partial charge in [0.2, 0.25) is 0 Å². The molecule has 5 aromatic rings. The van der Waals surface area contributed by atoms with Gasteiger partial charge in [-0.15, -0.1) is 0 Å². The summed E-state index contributed by atoms with van der Waals surface area (Å²) < 4.78 is 10.9. The van der Waals surface area contributed by atoms with Crippen LogP contribution in [0.1, 0.15) is 22.4 Å². The molecule has 0 bridgehead atoms. The maximum absolute atomic E-state index is 5.43. The normalized spacial score (nSPS) is 11.4. The van der Waals surface area contributed by atoms with Crippen LogP contribution in [0.3, 0.4) is 0 Å². The first kappa shape index (κ1) is 19.8. The zero-order valence-electron chi connectivity index (χ0n) is 17.8. The van der Waals surface area contributed by atoms with Crippen molar-refractivity contribution in [1.82, 2.24) is 19.9 Å². The number of imidazole rings is 1. The fraction of sp³-hybridized carbons (Fsp3) is 0.115. The predicted molar refractivity (Wildman–Crippen MR) is 123 cm³/mol. The van der Waals surface area contributed by atoms with E-state index in [0.717, 1.165) is 39.4 Å². The molecule has 3 aromatic carbocycles. The third kappa shape index (κ3) is 3.08. The number of nitrogens with zero attached hydrogens (tertiary/aromatic N) is 3. The van der Waals surface area contributed by atoms with Crippen LogP contribution in [0.15, 0.2) is 91.5 Å². The summed E-state index contributed by atoms with van der Waals surface area (Å²) in [6.45, 7) is 0. The largest absolute Gasteiger partial charge is 0.497 e. The number of fused-ring (bicyclic) bond motifs is 1. The Balaban J connectivity index is 1.92. The minimum atomic E-state index is -0.729. The topological polar surface area (TPSA) is 72.9 Å². The summed E-state index contributed by atoms with van der Waals surface area (Å²) in [5, 5.41) is 0. The summed E-state index contributed by atoms with van der Waals surface area (Å²) >= 11 is 0. The van der Waals surface area contributed by atoms with Gasteiger partial charge in [-0.3, -0.25) is 0 Å². The van der Waals surface area contributed by atoms with Crippen molar-refractivity contribution in [2.75, 3.05) is 14.2 Å². The smallest absolute Gasteiger partial charge is 0.180 e. The van der Waals surface area contributed by atoms with E-state index in [-0.39, 0.29) is 0 Å². The van der Waals surface area contributed by atoms with Gasteiger partial charge in [0.05, 0.1) is 31.7 Å². The van der Waals surface area contributed by atoms with Gasteiger partial charge in [-0.25, -0.2) is 15.0 Å². The molecule has 158 valence electrons. The number of aromatic amines is 1.